The van der Waals surface area contributed by atoms with E-state index in [-0.39, 0.29) is 18.3 Å². The molecular weight excluding hydrogens is 226 g/mol. The van der Waals surface area contributed by atoms with E-state index >= 15 is 0 Å². The first-order valence-corrected chi connectivity index (χ1v) is 5.48. The molecule has 0 radical (unpaired) electrons. The monoisotopic (exact) mass is 237 g/mol. The summed E-state index contributed by atoms with van der Waals surface area (Å²) in [5.74, 6) is -2.14. The Morgan fingerprint density at radius 3 is 2.88 bits per heavy atom. The van der Waals surface area contributed by atoms with E-state index in [1.165, 1.54) is 17.2 Å². The van der Waals surface area contributed by atoms with Gasteiger partial charge >= 0.3 is 5.97 Å². The molecule has 3 rings (SSSR count). The number of esters is 1. The highest BCUT2D eigenvalue weighted by atomic mass is 16.5. The van der Waals surface area contributed by atoms with E-state index in [4.69, 9.17) is 4.74 Å². The Labute approximate surface area is 96.8 Å². The lowest BCUT2D eigenvalue weighted by atomic mass is 9.77. The van der Waals surface area contributed by atoms with E-state index in [0.29, 0.717) is 6.42 Å². The maximum atomic E-state index is 12.1. The maximum absolute atomic E-state index is 12.1. The summed E-state index contributed by atoms with van der Waals surface area (Å²) in [7, 11) is 0. The van der Waals surface area contributed by atoms with E-state index in [1.54, 1.807) is 0 Å². The van der Waals surface area contributed by atoms with Gasteiger partial charge in [0.05, 0.1) is 12.0 Å². The van der Waals surface area contributed by atoms with Crippen LogP contribution < -0.4 is 0 Å². The number of cyclic esters (lactones) is 1. The standard InChI is InChI=1S/C11H11NO5/c13-8-1-2-12-7(8)3-5-6(10(12)15)4-17-11(16)9(5)14/h1-2,5-7,9,14H,3-4H2. The molecule has 0 aliphatic carbocycles. The minimum absolute atomic E-state index is 0.00928. The van der Waals surface area contributed by atoms with Crippen molar-refractivity contribution >= 4 is 17.7 Å². The van der Waals surface area contributed by atoms with E-state index in [2.05, 4.69) is 0 Å². The van der Waals surface area contributed by atoms with Gasteiger partial charge in [0, 0.05) is 12.1 Å². The highest BCUT2D eigenvalue weighted by Gasteiger charge is 2.52. The van der Waals surface area contributed by atoms with Gasteiger partial charge in [-0.1, -0.05) is 0 Å². The van der Waals surface area contributed by atoms with Crippen LogP contribution in [0.1, 0.15) is 6.42 Å². The average Bonchev–Trinajstić information content (AvgIpc) is 2.67. The van der Waals surface area contributed by atoms with Crippen LogP contribution in [0.5, 0.6) is 0 Å². The van der Waals surface area contributed by atoms with Crippen molar-refractivity contribution in [2.45, 2.75) is 18.6 Å². The van der Waals surface area contributed by atoms with Crippen LogP contribution in [0.25, 0.3) is 0 Å². The molecule has 6 heteroatoms. The molecule has 0 spiro atoms. The maximum Gasteiger partial charge on any atom is 0.335 e. The smallest absolute Gasteiger partial charge is 0.335 e. The minimum Gasteiger partial charge on any atom is -0.463 e. The Morgan fingerprint density at radius 1 is 1.35 bits per heavy atom. The van der Waals surface area contributed by atoms with Crippen LogP contribution in [0.15, 0.2) is 12.3 Å². The fourth-order valence-electron chi connectivity index (χ4n) is 2.74. The number of carbonyl (C=O) groups is 3. The number of nitrogens with zero attached hydrogens (tertiary/aromatic N) is 1. The zero-order chi connectivity index (χ0) is 12.2. The number of amides is 1. The normalized spacial score (nSPS) is 40.1. The van der Waals surface area contributed by atoms with Gasteiger partial charge in [0.1, 0.15) is 6.61 Å². The lowest BCUT2D eigenvalue weighted by molar-refractivity contribution is -0.179. The number of carbonyl (C=O) groups excluding carboxylic acids is 3. The fraction of sp³-hybridized carbons (Fsp3) is 0.545. The van der Waals surface area contributed by atoms with Crippen molar-refractivity contribution in [1.82, 2.24) is 4.90 Å². The van der Waals surface area contributed by atoms with Gasteiger partial charge < -0.3 is 14.7 Å². The van der Waals surface area contributed by atoms with Gasteiger partial charge in [-0.05, 0) is 12.5 Å². The molecule has 6 nitrogen and oxygen atoms in total. The van der Waals surface area contributed by atoms with Crippen molar-refractivity contribution in [2.75, 3.05) is 6.61 Å². The van der Waals surface area contributed by atoms with Crippen molar-refractivity contribution in [2.24, 2.45) is 11.8 Å². The average molecular weight is 237 g/mol. The summed E-state index contributed by atoms with van der Waals surface area (Å²) in [6.45, 7) is -0.00928. The SMILES string of the molecule is O=C1OCC2C(=O)N3C=CC(=O)C3CC2C1O. The number of ketones is 1. The van der Waals surface area contributed by atoms with Crippen LogP contribution in [-0.2, 0) is 19.1 Å². The van der Waals surface area contributed by atoms with Crippen LogP contribution in [0.3, 0.4) is 0 Å². The van der Waals surface area contributed by atoms with Gasteiger partial charge in [0.25, 0.3) is 0 Å². The molecule has 17 heavy (non-hydrogen) atoms. The molecule has 2 fully saturated rings. The van der Waals surface area contributed by atoms with Crippen molar-refractivity contribution < 1.29 is 24.2 Å². The second-order valence-electron chi connectivity index (χ2n) is 4.56. The zero-order valence-corrected chi connectivity index (χ0v) is 8.91. The molecule has 2 saturated heterocycles. The molecule has 3 aliphatic rings. The van der Waals surface area contributed by atoms with Crippen LogP contribution in [0.4, 0.5) is 0 Å². The van der Waals surface area contributed by atoms with E-state index in [0.717, 1.165) is 0 Å². The summed E-state index contributed by atoms with van der Waals surface area (Å²) in [5.41, 5.74) is 0. The second-order valence-corrected chi connectivity index (χ2v) is 4.56. The Morgan fingerprint density at radius 2 is 2.12 bits per heavy atom. The fourth-order valence-corrected chi connectivity index (χ4v) is 2.74. The molecule has 0 bridgehead atoms. The lowest BCUT2D eigenvalue weighted by Crippen LogP contribution is -2.57. The van der Waals surface area contributed by atoms with Crippen LogP contribution in [-0.4, -0.2) is 46.4 Å². The summed E-state index contributed by atoms with van der Waals surface area (Å²) < 4.78 is 4.76. The van der Waals surface area contributed by atoms with E-state index in [1.807, 2.05) is 0 Å². The first-order chi connectivity index (χ1) is 8.09. The first-order valence-electron chi connectivity index (χ1n) is 5.48. The number of hydrogen-bond acceptors (Lipinski definition) is 5. The molecule has 90 valence electrons. The number of aliphatic hydroxyl groups excluding tert-OH is 1. The third-order valence-corrected chi connectivity index (χ3v) is 3.70. The van der Waals surface area contributed by atoms with Crippen LogP contribution in [0, 0.1) is 11.8 Å². The minimum atomic E-state index is -1.30. The third-order valence-electron chi connectivity index (χ3n) is 3.70. The highest BCUT2D eigenvalue weighted by Crippen LogP contribution is 2.37. The third kappa shape index (κ3) is 1.33. The molecule has 3 aliphatic heterocycles. The van der Waals surface area contributed by atoms with Gasteiger partial charge in [-0.25, -0.2) is 4.79 Å². The number of fused-ring (bicyclic) bond motifs is 2. The first kappa shape index (κ1) is 10.5. The molecular formula is C11H11NO5. The Kier molecular flexibility index (Phi) is 2.09. The molecule has 0 aromatic heterocycles. The summed E-state index contributed by atoms with van der Waals surface area (Å²) in [6, 6.07) is -0.552. The van der Waals surface area contributed by atoms with Gasteiger partial charge in [-0.2, -0.15) is 0 Å². The second kappa shape index (κ2) is 3.40. The molecule has 0 saturated carbocycles. The number of hydrogen-bond donors (Lipinski definition) is 1. The summed E-state index contributed by atoms with van der Waals surface area (Å²) in [4.78, 5) is 36.2. The summed E-state index contributed by atoms with van der Waals surface area (Å²) >= 11 is 0. The Balaban J connectivity index is 1.92. The largest absolute Gasteiger partial charge is 0.463 e. The van der Waals surface area contributed by atoms with Crippen LogP contribution >= 0.6 is 0 Å². The highest BCUT2D eigenvalue weighted by molar-refractivity contribution is 6.02. The predicted molar refractivity (Wildman–Crippen MR) is 53.3 cm³/mol. The Hall–Kier alpha value is -1.69. The quantitative estimate of drug-likeness (QED) is 0.537. The summed E-state index contributed by atoms with van der Waals surface area (Å²) in [6.07, 6.45) is 1.84. The number of ether oxygens (including phenoxy) is 1. The molecule has 1 N–H and O–H groups in total. The molecule has 1 amide bonds. The van der Waals surface area contributed by atoms with Gasteiger partial charge in [-0.15, -0.1) is 0 Å². The van der Waals surface area contributed by atoms with Crippen molar-refractivity contribution in [3.63, 3.8) is 0 Å². The van der Waals surface area contributed by atoms with Crippen molar-refractivity contribution in [3.8, 4) is 0 Å². The van der Waals surface area contributed by atoms with Gasteiger partial charge in [-0.3, -0.25) is 9.59 Å². The topological polar surface area (TPSA) is 83.9 Å². The molecule has 0 aromatic rings. The van der Waals surface area contributed by atoms with Gasteiger partial charge in [0.15, 0.2) is 11.9 Å². The van der Waals surface area contributed by atoms with E-state index < -0.39 is 30.0 Å². The Bertz CT molecular complexity index is 443. The van der Waals surface area contributed by atoms with Crippen LogP contribution in [0.2, 0.25) is 0 Å². The number of aliphatic hydroxyl groups is 1. The molecule has 3 heterocycles. The van der Waals surface area contributed by atoms with Gasteiger partial charge in [0.2, 0.25) is 5.91 Å². The zero-order valence-electron chi connectivity index (χ0n) is 8.91. The number of rotatable bonds is 0. The molecule has 0 aromatic carbocycles. The molecule has 4 unspecified atom stereocenters. The van der Waals surface area contributed by atoms with Crippen molar-refractivity contribution in [3.05, 3.63) is 12.3 Å². The molecule has 4 atom stereocenters. The summed E-state index contributed by atoms with van der Waals surface area (Å²) in [5, 5.41) is 9.72. The lowest BCUT2D eigenvalue weighted by Gasteiger charge is -2.42. The van der Waals surface area contributed by atoms with Crippen molar-refractivity contribution in [1.29, 1.82) is 0 Å². The number of piperidine rings is 1. The van der Waals surface area contributed by atoms with E-state index in [9.17, 15) is 19.5 Å². The predicted octanol–water partition coefficient (Wildman–Crippen LogP) is -1.17.